The molecule has 2 rings (SSSR count). The highest BCUT2D eigenvalue weighted by molar-refractivity contribution is 7.13. The number of carbonyl (C=O) groups is 3. The molecule has 2 N–H and O–H groups in total. The van der Waals surface area contributed by atoms with Gasteiger partial charge in [0.2, 0.25) is 5.91 Å². The van der Waals surface area contributed by atoms with Crippen LogP contribution in [0.3, 0.4) is 0 Å². The second-order valence-electron chi connectivity index (χ2n) is 6.17. The number of amides is 2. The van der Waals surface area contributed by atoms with Gasteiger partial charge < -0.3 is 19.9 Å². The number of nitrogens with one attached hydrogen (secondary N) is 2. The van der Waals surface area contributed by atoms with E-state index >= 15 is 0 Å². The SMILES string of the molecule is Cc1ccc(C)n1-c1sccc1C(=O)OCC(=O)NCC(=O)NC(C)C. The third-order valence-corrected chi connectivity index (χ3v) is 4.47. The molecule has 140 valence electrons. The molecule has 8 heteroatoms. The molecule has 0 saturated heterocycles. The lowest BCUT2D eigenvalue weighted by Crippen LogP contribution is -2.41. The summed E-state index contributed by atoms with van der Waals surface area (Å²) < 4.78 is 7.06. The maximum Gasteiger partial charge on any atom is 0.341 e. The average molecular weight is 377 g/mol. The molecule has 2 aromatic heterocycles. The fourth-order valence-corrected chi connectivity index (χ4v) is 3.44. The first-order valence-corrected chi connectivity index (χ1v) is 9.13. The predicted octanol–water partition coefficient (Wildman–Crippen LogP) is 1.95. The van der Waals surface area contributed by atoms with E-state index in [0.29, 0.717) is 5.56 Å². The fraction of sp³-hybridized carbons (Fsp3) is 0.389. The molecule has 26 heavy (non-hydrogen) atoms. The Morgan fingerprint density at radius 1 is 1.12 bits per heavy atom. The number of rotatable bonds is 7. The predicted molar refractivity (Wildman–Crippen MR) is 99.7 cm³/mol. The Morgan fingerprint density at radius 2 is 1.77 bits per heavy atom. The van der Waals surface area contributed by atoms with Crippen LogP contribution in [0.4, 0.5) is 0 Å². The van der Waals surface area contributed by atoms with Gasteiger partial charge in [0.15, 0.2) is 6.61 Å². The van der Waals surface area contributed by atoms with Gasteiger partial charge in [-0.05, 0) is 51.3 Å². The Balaban J connectivity index is 1.93. The van der Waals surface area contributed by atoms with E-state index in [1.54, 1.807) is 11.4 Å². The molecule has 0 aliphatic heterocycles. The largest absolute Gasteiger partial charge is 0.452 e. The molecule has 0 aromatic carbocycles. The first-order chi connectivity index (χ1) is 12.3. The van der Waals surface area contributed by atoms with Crippen molar-refractivity contribution in [1.29, 1.82) is 0 Å². The average Bonchev–Trinajstić information content (AvgIpc) is 3.16. The van der Waals surface area contributed by atoms with Crippen LogP contribution in [0.2, 0.25) is 0 Å². The van der Waals surface area contributed by atoms with E-state index in [9.17, 15) is 14.4 Å². The zero-order valence-corrected chi connectivity index (χ0v) is 16.1. The summed E-state index contributed by atoms with van der Waals surface area (Å²) >= 11 is 1.43. The summed E-state index contributed by atoms with van der Waals surface area (Å²) in [7, 11) is 0. The third kappa shape index (κ3) is 4.95. The maximum atomic E-state index is 12.3. The van der Waals surface area contributed by atoms with Gasteiger partial charge in [-0.1, -0.05) is 0 Å². The van der Waals surface area contributed by atoms with Crippen molar-refractivity contribution < 1.29 is 19.1 Å². The number of esters is 1. The normalized spacial score (nSPS) is 10.7. The summed E-state index contributed by atoms with van der Waals surface area (Å²) in [5.74, 6) is -1.39. The minimum absolute atomic E-state index is 0.00478. The summed E-state index contributed by atoms with van der Waals surface area (Å²) in [6.45, 7) is 6.98. The van der Waals surface area contributed by atoms with Gasteiger partial charge in [0.25, 0.3) is 5.91 Å². The molecule has 0 bridgehead atoms. The highest BCUT2D eigenvalue weighted by Gasteiger charge is 2.19. The van der Waals surface area contributed by atoms with Crippen molar-refractivity contribution in [1.82, 2.24) is 15.2 Å². The Morgan fingerprint density at radius 3 is 2.38 bits per heavy atom. The van der Waals surface area contributed by atoms with Crippen molar-refractivity contribution >= 4 is 29.1 Å². The Kier molecular flexibility index (Phi) is 6.57. The van der Waals surface area contributed by atoms with Crippen molar-refractivity contribution in [2.24, 2.45) is 0 Å². The van der Waals surface area contributed by atoms with Gasteiger partial charge in [0.1, 0.15) is 5.00 Å². The molecule has 0 fully saturated rings. The molecule has 2 aromatic rings. The van der Waals surface area contributed by atoms with Crippen molar-refractivity contribution in [2.75, 3.05) is 13.2 Å². The number of aromatic nitrogens is 1. The number of nitrogens with zero attached hydrogens (tertiary/aromatic N) is 1. The molecule has 2 heterocycles. The van der Waals surface area contributed by atoms with Crippen LogP contribution in [0.15, 0.2) is 23.6 Å². The van der Waals surface area contributed by atoms with Gasteiger partial charge in [-0.2, -0.15) is 0 Å². The summed E-state index contributed by atoms with van der Waals surface area (Å²) in [5.41, 5.74) is 2.42. The number of aryl methyl sites for hydroxylation is 2. The van der Waals surface area contributed by atoms with Gasteiger partial charge in [-0.25, -0.2) is 4.79 Å². The number of hydrogen-bond donors (Lipinski definition) is 2. The molecule has 2 amide bonds. The molecule has 0 spiro atoms. The Hall–Kier alpha value is -2.61. The van der Waals surface area contributed by atoms with Crippen molar-refractivity contribution in [3.05, 3.63) is 40.5 Å². The van der Waals surface area contributed by atoms with Crippen LogP contribution in [0, 0.1) is 13.8 Å². The monoisotopic (exact) mass is 377 g/mol. The van der Waals surface area contributed by atoms with Crippen LogP contribution >= 0.6 is 11.3 Å². The molecular weight excluding hydrogens is 354 g/mol. The Labute approximate surface area is 156 Å². The molecule has 7 nitrogen and oxygen atoms in total. The highest BCUT2D eigenvalue weighted by atomic mass is 32.1. The van der Waals surface area contributed by atoms with E-state index in [2.05, 4.69) is 10.6 Å². The molecular formula is C18H23N3O4S. The van der Waals surface area contributed by atoms with Crippen molar-refractivity contribution in [3.63, 3.8) is 0 Å². The molecule has 0 unspecified atom stereocenters. The minimum atomic E-state index is -0.574. The second kappa shape index (κ2) is 8.66. The van der Waals surface area contributed by atoms with E-state index in [0.717, 1.165) is 16.4 Å². The van der Waals surface area contributed by atoms with Gasteiger partial charge in [-0.15, -0.1) is 11.3 Å². The highest BCUT2D eigenvalue weighted by Crippen LogP contribution is 2.26. The zero-order chi connectivity index (χ0) is 19.3. The minimum Gasteiger partial charge on any atom is -0.452 e. The molecule has 0 atom stereocenters. The second-order valence-corrected chi connectivity index (χ2v) is 7.06. The number of carbonyl (C=O) groups excluding carboxylic acids is 3. The fourth-order valence-electron chi connectivity index (χ4n) is 2.43. The number of thiophene rings is 1. The summed E-state index contributed by atoms with van der Waals surface area (Å²) in [6.07, 6.45) is 0. The van der Waals surface area contributed by atoms with E-state index in [1.807, 2.05) is 44.4 Å². The van der Waals surface area contributed by atoms with Crippen molar-refractivity contribution in [2.45, 2.75) is 33.7 Å². The van der Waals surface area contributed by atoms with E-state index < -0.39 is 18.5 Å². The smallest absolute Gasteiger partial charge is 0.341 e. The van der Waals surface area contributed by atoms with Crippen LogP contribution < -0.4 is 10.6 Å². The summed E-state index contributed by atoms with van der Waals surface area (Å²) in [6, 6.07) is 5.62. The first kappa shape index (κ1) is 19.7. The lowest BCUT2D eigenvalue weighted by Gasteiger charge is -2.11. The van der Waals surface area contributed by atoms with Gasteiger partial charge in [0, 0.05) is 17.4 Å². The van der Waals surface area contributed by atoms with Crippen LogP contribution in [0.1, 0.15) is 35.6 Å². The van der Waals surface area contributed by atoms with Crippen LogP contribution in [-0.2, 0) is 14.3 Å². The first-order valence-electron chi connectivity index (χ1n) is 8.25. The standard InChI is InChI=1S/C18H23N3O4S/c1-11(2)20-15(22)9-19-16(23)10-25-18(24)14-7-8-26-17(14)21-12(3)5-6-13(21)4/h5-8,11H,9-10H2,1-4H3,(H,19,23)(H,20,22). The molecule has 0 saturated carbocycles. The van der Waals surface area contributed by atoms with E-state index in [-0.39, 0.29) is 18.5 Å². The lowest BCUT2D eigenvalue weighted by molar-refractivity contribution is -0.128. The van der Waals surface area contributed by atoms with E-state index in [4.69, 9.17) is 4.74 Å². The van der Waals surface area contributed by atoms with Crippen LogP contribution in [-0.4, -0.2) is 41.5 Å². The van der Waals surface area contributed by atoms with Gasteiger partial charge in [-0.3, -0.25) is 9.59 Å². The quantitative estimate of drug-likeness (QED) is 0.722. The van der Waals surface area contributed by atoms with Gasteiger partial charge >= 0.3 is 5.97 Å². The van der Waals surface area contributed by atoms with Gasteiger partial charge in [0.05, 0.1) is 12.1 Å². The van der Waals surface area contributed by atoms with Crippen LogP contribution in [0.25, 0.3) is 5.00 Å². The number of hydrogen-bond acceptors (Lipinski definition) is 5. The van der Waals surface area contributed by atoms with Crippen molar-refractivity contribution in [3.8, 4) is 5.00 Å². The molecule has 0 aliphatic rings. The number of ether oxygens (including phenoxy) is 1. The summed E-state index contributed by atoms with van der Waals surface area (Å²) in [5, 5.41) is 7.64. The topological polar surface area (TPSA) is 89.4 Å². The summed E-state index contributed by atoms with van der Waals surface area (Å²) in [4.78, 5) is 35.6. The molecule has 0 radical (unpaired) electrons. The van der Waals surface area contributed by atoms with E-state index in [1.165, 1.54) is 11.3 Å². The maximum absolute atomic E-state index is 12.3. The molecule has 0 aliphatic carbocycles. The lowest BCUT2D eigenvalue weighted by atomic mass is 10.3. The van der Waals surface area contributed by atoms with Crippen LogP contribution in [0.5, 0.6) is 0 Å². The third-order valence-electron chi connectivity index (χ3n) is 3.57. The zero-order valence-electron chi connectivity index (χ0n) is 15.3. The Bertz CT molecular complexity index is 788.